The molecule has 17 heavy (non-hydrogen) atoms. The summed E-state index contributed by atoms with van der Waals surface area (Å²) in [7, 11) is -0.985. The van der Waals surface area contributed by atoms with E-state index in [2.05, 4.69) is 32.6 Å². The molecule has 0 aliphatic carbocycles. The normalized spacial score (nSPS) is 11.5. The smallest absolute Gasteiger partial charge is 0.189 e. The molecular weight excluding hydrogens is 228 g/mol. The van der Waals surface area contributed by atoms with Gasteiger partial charge in [0.05, 0.1) is 0 Å². The Kier molecular flexibility index (Phi) is 5.72. The van der Waals surface area contributed by atoms with Gasteiger partial charge < -0.3 is 9.47 Å². The molecule has 1 aromatic carbocycles. The van der Waals surface area contributed by atoms with Crippen molar-refractivity contribution in [3.05, 3.63) is 29.8 Å². The third-order valence-electron chi connectivity index (χ3n) is 2.65. The van der Waals surface area contributed by atoms with Crippen LogP contribution in [-0.4, -0.2) is 21.5 Å². The predicted octanol–water partition coefficient (Wildman–Crippen LogP) is 3.94. The lowest BCUT2D eigenvalue weighted by atomic mass is 10.1. The van der Waals surface area contributed by atoms with Crippen LogP contribution in [0.3, 0.4) is 0 Å². The lowest BCUT2D eigenvalue weighted by Crippen LogP contribution is -2.22. The van der Waals surface area contributed by atoms with Crippen molar-refractivity contribution < 1.29 is 9.47 Å². The van der Waals surface area contributed by atoms with Gasteiger partial charge in [0.15, 0.2) is 6.79 Å². The van der Waals surface area contributed by atoms with E-state index in [1.54, 1.807) is 0 Å². The molecule has 0 heterocycles. The summed E-state index contributed by atoms with van der Waals surface area (Å²) < 4.78 is 11.2. The first-order valence-corrected chi connectivity index (χ1v) is 10.0. The molecule has 96 valence electrons. The quantitative estimate of drug-likeness (QED) is 0.416. The monoisotopic (exact) mass is 252 g/mol. The van der Waals surface area contributed by atoms with Crippen LogP contribution < -0.4 is 4.74 Å². The first-order valence-electron chi connectivity index (χ1n) is 6.31. The summed E-state index contributed by atoms with van der Waals surface area (Å²) in [5, 5.41) is 0. The van der Waals surface area contributed by atoms with E-state index in [4.69, 9.17) is 9.47 Å². The summed E-state index contributed by atoms with van der Waals surface area (Å²) >= 11 is 0. The van der Waals surface area contributed by atoms with E-state index >= 15 is 0 Å². The minimum absolute atomic E-state index is 0.363. The highest BCUT2D eigenvalue weighted by atomic mass is 28.3. The Morgan fingerprint density at radius 3 is 2.47 bits per heavy atom. The molecule has 0 amide bonds. The molecule has 0 aliphatic rings. The van der Waals surface area contributed by atoms with E-state index < -0.39 is 8.07 Å². The average molecular weight is 252 g/mol. The highest BCUT2D eigenvalue weighted by Crippen LogP contribution is 2.18. The molecule has 0 aliphatic heterocycles. The zero-order valence-corrected chi connectivity index (χ0v) is 12.5. The maximum absolute atomic E-state index is 5.64. The number of aryl methyl sites for hydroxylation is 1. The number of para-hydroxylation sites is 1. The van der Waals surface area contributed by atoms with E-state index in [9.17, 15) is 0 Å². The number of benzene rings is 1. The Bertz CT molecular complexity index is 331. The van der Waals surface area contributed by atoms with Gasteiger partial charge in [0.2, 0.25) is 0 Å². The van der Waals surface area contributed by atoms with E-state index in [0.29, 0.717) is 6.79 Å². The Labute approximate surface area is 106 Å². The molecule has 0 aromatic heterocycles. The molecule has 0 atom stereocenters. The molecule has 0 bridgehead atoms. The summed E-state index contributed by atoms with van der Waals surface area (Å²) in [5.74, 6) is 0.947. The zero-order chi connectivity index (χ0) is 12.7. The van der Waals surface area contributed by atoms with Gasteiger partial charge in [-0.1, -0.05) is 44.8 Å². The number of hydrogen-bond acceptors (Lipinski definition) is 2. The fourth-order valence-corrected chi connectivity index (χ4v) is 2.24. The fraction of sp³-hybridized carbons (Fsp3) is 0.571. The number of rotatable bonds is 7. The molecule has 0 spiro atoms. The zero-order valence-electron chi connectivity index (χ0n) is 11.5. The van der Waals surface area contributed by atoms with Crippen molar-refractivity contribution in [3.63, 3.8) is 0 Å². The van der Waals surface area contributed by atoms with Crippen molar-refractivity contribution >= 4 is 8.07 Å². The van der Waals surface area contributed by atoms with Crippen LogP contribution in [0.5, 0.6) is 5.75 Å². The minimum Gasteiger partial charge on any atom is -0.467 e. The van der Waals surface area contributed by atoms with Crippen molar-refractivity contribution in [1.29, 1.82) is 0 Å². The van der Waals surface area contributed by atoms with Crippen LogP contribution >= 0.6 is 0 Å². The second-order valence-electron chi connectivity index (χ2n) is 5.44. The van der Waals surface area contributed by atoms with Crippen LogP contribution in [0.15, 0.2) is 24.3 Å². The minimum atomic E-state index is -0.985. The van der Waals surface area contributed by atoms with Gasteiger partial charge in [-0.25, -0.2) is 0 Å². The summed E-state index contributed by atoms with van der Waals surface area (Å²) in [6.07, 6.45) is 0.991. The topological polar surface area (TPSA) is 18.5 Å². The molecule has 1 rings (SSSR count). The van der Waals surface area contributed by atoms with Crippen molar-refractivity contribution in [1.82, 2.24) is 0 Å². The van der Waals surface area contributed by atoms with Gasteiger partial charge in [0.1, 0.15) is 5.75 Å². The van der Waals surface area contributed by atoms with E-state index in [1.807, 2.05) is 18.2 Å². The van der Waals surface area contributed by atoms with Gasteiger partial charge in [0, 0.05) is 14.7 Å². The van der Waals surface area contributed by atoms with Crippen LogP contribution in [0.2, 0.25) is 25.7 Å². The van der Waals surface area contributed by atoms with Crippen molar-refractivity contribution in [3.8, 4) is 5.75 Å². The fourth-order valence-electron chi connectivity index (χ4n) is 1.48. The van der Waals surface area contributed by atoms with Crippen LogP contribution in [0.4, 0.5) is 0 Å². The summed E-state index contributed by atoms with van der Waals surface area (Å²) in [6.45, 7) is 10.4. The predicted molar refractivity (Wildman–Crippen MR) is 75.4 cm³/mol. The first-order chi connectivity index (χ1) is 8.03. The lowest BCUT2D eigenvalue weighted by Gasteiger charge is -2.16. The third kappa shape index (κ3) is 5.89. The highest BCUT2D eigenvalue weighted by Gasteiger charge is 2.12. The molecule has 0 fully saturated rings. The van der Waals surface area contributed by atoms with E-state index in [-0.39, 0.29) is 0 Å². The second kappa shape index (κ2) is 6.82. The van der Waals surface area contributed by atoms with Crippen LogP contribution in [0.25, 0.3) is 0 Å². The van der Waals surface area contributed by atoms with Gasteiger partial charge in [-0.3, -0.25) is 0 Å². The van der Waals surface area contributed by atoms with Crippen LogP contribution in [-0.2, 0) is 11.2 Å². The Hall–Kier alpha value is -0.803. The first kappa shape index (κ1) is 14.3. The van der Waals surface area contributed by atoms with E-state index in [1.165, 1.54) is 11.6 Å². The number of ether oxygens (including phenoxy) is 2. The Morgan fingerprint density at radius 2 is 1.82 bits per heavy atom. The van der Waals surface area contributed by atoms with Crippen LogP contribution in [0, 0.1) is 0 Å². The average Bonchev–Trinajstić information content (AvgIpc) is 2.27. The summed E-state index contributed by atoms with van der Waals surface area (Å²) in [6, 6.07) is 9.32. The lowest BCUT2D eigenvalue weighted by molar-refractivity contribution is 0.0215. The molecule has 0 unspecified atom stereocenters. The van der Waals surface area contributed by atoms with Crippen molar-refractivity contribution in [2.24, 2.45) is 0 Å². The maximum atomic E-state index is 5.64. The largest absolute Gasteiger partial charge is 0.467 e. The summed E-state index contributed by atoms with van der Waals surface area (Å²) in [4.78, 5) is 0. The SMILES string of the molecule is CCc1ccccc1OCOCC[Si](C)(C)C. The van der Waals surface area contributed by atoms with Crippen molar-refractivity contribution in [2.45, 2.75) is 39.0 Å². The van der Waals surface area contributed by atoms with Gasteiger partial charge in [-0.05, 0) is 24.1 Å². The molecular formula is C14H24O2Si. The molecule has 0 radical (unpaired) electrons. The Balaban J connectivity index is 2.27. The van der Waals surface area contributed by atoms with Gasteiger partial charge >= 0.3 is 0 Å². The van der Waals surface area contributed by atoms with Crippen LogP contribution in [0.1, 0.15) is 12.5 Å². The molecule has 2 nitrogen and oxygen atoms in total. The molecule has 3 heteroatoms. The summed E-state index contributed by atoms with van der Waals surface area (Å²) in [5.41, 5.74) is 1.24. The van der Waals surface area contributed by atoms with Gasteiger partial charge in [-0.15, -0.1) is 0 Å². The molecule has 0 N–H and O–H groups in total. The highest BCUT2D eigenvalue weighted by molar-refractivity contribution is 6.76. The molecule has 1 aromatic rings. The number of hydrogen-bond donors (Lipinski definition) is 0. The van der Waals surface area contributed by atoms with Crippen molar-refractivity contribution in [2.75, 3.05) is 13.4 Å². The molecule has 0 saturated carbocycles. The third-order valence-corrected chi connectivity index (χ3v) is 4.35. The standard InChI is InChI=1S/C14H24O2Si/c1-5-13-8-6-7-9-14(13)16-12-15-10-11-17(2,3)4/h6-9H,5,10-12H2,1-4H3. The molecule has 0 saturated heterocycles. The second-order valence-corrected chi connectivity index (χ2v) is 11.1. The van der Waals surface area contributed by atoms with Gasteiger partial charge in [0.25, 0.3) is 0 Å². The van der Waals surface area contributed by atoms with E-state index in [0.717, 1.165) is 18.8 Å². The van der Waals surface area contributed by atoms with Gasteiger partial charge in [-0.2, -0.15) is 0 Å². The maximum Gasteiger partial charge on any atom is 0.189 e. The Morgan fingerprint density at radius 1 is 1.12 bits per heavy atom.